The number of ether oxygens (including phenoxy) is 1. The summed E-state index contributed by atoms with van der Waals surface area (Å²) in [6, 6.07) is 4.10. The Kier molecular flexibility index (Phi) is 4.56. The average molecular weight is 208 g/mol. The molecule has 0 aromatic carbocycles. The maximum absolute atomic E-state index is 5.32. The second-order valence-corrected chi connectivity index (χ2v) is 3.74. The van der Waals surface area contributed by atoms with Crippen LogP contribution in [0.15, 0.2) is 18.3 Å². The molecule has 84 valence electrons. The zero-order valence-corrected chi connectivity index (χ0v) is 9.95. The summed E-state index contributed by atoms with van der Waals surface area (Å²) < 4.78 is 5.32. The Balaban J connectivity index is 3.00. The summed E-state index contributed by atoms with van der Waals surface area (Å²) >= 11 is 0. The summed E-state index contributed by atoms with van der Waals surface area (Å²) in [5.74, 6) is 1.40. The number of rotatable bonds is 5. The molecule has 0 saturated heterocycles. The van der Waals surface area contributed by atoms with Crippen LogP contribution < -0.4 is 10.1 Å². The third-order valence-corrected chi connectivity index (χ3v) is 2.84. The van der Waals surface area contributed by atoms with Gasteiger partial charge in [-0.1, -0.05) is 20.3 Å². The lowest BCUT2D eigenvalue weighted by molar-refractivity contribution is 0.357. The van der Waals surface area contributed by atoms with Gasteiger partial charge < -0.3 is 10.1 Å². The molecule has 0 radical (unpaired) electrons. The van der Waals surface area contributed by atoms with Crippen molar-refractivity contribution in [3.8, 4) is 5.75 Å². The van der Waals surface area contributed by atoms with E-state index in [1.807, 2.05) is 25.4 Å². The van der Waals surface area contributed by atoms with E-state index in [-0.39, 0.29) is 6.04 Å². The summed E-state index contributed by atoms with van der Waals surface area (Å²) in [6.07, 6.45) is 2.93. The average Bonchev–Trinajstić information content (AvgIpc) is 2.30. The fourth-order valence-electron chi connectivity index (χ4n) is 1.74. The van der Waals surface area contributed by atoms with Crippen LogP contribution >= 0.6 is 0 Å². The summed E-state index contributed by atoms with van der Waals surface area (Å²) in [7, 11) is 3.65. The van der Waals surface area contributed by atoms with Crippen LogP contribution in [0.2, 0.25) is 0 Å². The van der Waals surface area contributed by atoms with Crippen LogP contribution in [-0.2, 0) is 0 Å². The SMILES string of the molecule is CCC(C)C(NC)c1ncccc1OC. The van der Waals surface area contributed by atoms with Crippen molar-refractivity contribution in [3.05, 3.63) is 24.0 Å². The van der Waals surface area contributed by atoms with Gasteiger partial charge in [-0.3, -0.25) is 4.98 Å². The molecule has 0 amide bonds. The van der Waals surface area contributed by atoms with Crippen LogP contribution in [0.3, 0.4) is 0 Å². The maximum atomic E-state index is 5.32. The summed E-state index contributed by atoms with van der Waals surface area (Å²) in [4.78, 5) is 4.40. The summed E-state index contributed by atoms with van der Waals surface area (Å²) in [5, 5.41) is 3.30. The van der Waals surface area contributed by atoms with E-state index in [9.17, 15) is 0 Å². The van der Waals surface area contributed by atoms with Gasteiger partial charge >= 0.3 is 0 Å². The Morgan fingerprint density at radius 1 is 1.53 bits per heavy atom. The molecule has 3 heteroatoms. The van der Waals surface area contributed by atoms with Crippen molar-refractivity contribution in [2.75, 3.05) is 14.2 Å². The molecule has 3 nitrogen and oxygen atoms in total. The largest absolute Gasteiger partial charge is 0.495 e. The summed E-state index contributed by atoms with van der Waals surface area (Å²) in [6.45, 7) is 4.40. The van der Waals surface area contributed by atoms with Crippen molar-refractivity contribution in [3.63, 3.8) is 0 Å². The van der Waals surface area contributed by atoms with Crippen molar-refractivity contribution >= 4 is 0 Å². The molecule has 1 N–H and O–H groups in total. The minimum Gasteiger partial charge on any atom is -0.495 e. The van der Waals surface area contributed by atoms with Crippen LogP contribution in [0.25, 0.3) is 0 Å². The van der Waals surface area contributed by atoms with Crippen molar-refractivity contribution in [2.24, 2.45) is 5.92 Å². The number of pyridine rings is 1. The molecule has 0 spiro atoms. The van der Waals surface area contributed by atoms with Gasteiger partial charge in [-0.15, -0.1) is 0 Å². The van der Waals surface area contributed by atoms with Crippen LogP contribution in [0.1, 0.15) is 32.0 Å². The van der Waals surface area contributed by atoms with Gasteiger partial charge in [0.2, 0.25) is 0 Å². The van der Waals surface area contributed by atoms with Gasteiger partial charge in [-0.2, -0.15) is 0 Å². The van der Waals surface area contributed by atoms with Gasteiger partial charge in [0.05, 0.1) is 18.8 Å². The van der Waals surface area contributed by atoms with Crippen LogP contribution in [-0.4, -0.2) is 19.1 Å². The van der Waals surface area contributed by atoms with Gasteiger partial charge in [-0.25, -0.2) is 0 Å². The standard InChI is InChI=1S/C12H20N2O/c1-5-9(2)11(13-3)12-10(15-4)7-6-8-14-12/h6-9,11,13H,5H2,1-4H3. The van der Waals surface area contributed by atoms with E-state index in [2.05, 4.69) is 24.1 Å². The van der Waals surface area contributed by atoms with E-state index in [1.54, 1.807) is 7.11 Å². The number of nitrogens with one attached hydrogen (secondary N) is 1. The van der Waals surface area contributed by atoms with Crippen LogP contribution in [0.5, 0.6) is 5.75 Å². The molecule has 0 fully saturated rings. The normalized spacial score (nSPS) is 14.7. The first-order chi connectivity index (χ1) is 7.24. The minimum absolute atomic E-state index is 0.256. The lowest BCUT2D eigenvalue weighted by Gasteiger charge is -2.23. The molecule has 1 aromatic rings. The van der Waals surface area contributed by atoms with E-state index < -0.39 is 0 Å². The molecule has 2 unspecified atom stereocenters. The topological polar surface area (TPSA) is 34.2 Å². The van der Waals surface area contributed by atoms with Gasteiger partial charge in [0, 0.05) is 6.20 Å². The molecule has 0 aliphatic carbocycles. The van der Waals surface area contributed by atoms with Gasteiger partial charge in [0.25, 0.3) is 0 Å². The lowest BCUT2D eigenvalue weighted by Crippen LogP contribution is -2.24. The van der Waals surface area contributed by atoms with Crippen molar-refractivity contribution in [2.45, 2.75) is 26.3 Å². The molecule has 0 aliphatic rings. The second-order valence-electron chi connectivity index (χ2n) is 3.74. The Bertz CT molecular complexity index is 301. The predicted molar refractivity (Wildman–Crippen MR) is 62.0 cm³/mol. The molecule has 15 heavy (non-hydrogen) atoms. The zero-order chi connectivity index (χ0) is 11.3. The number of hydrogen-bond acceptors (Lipinski definition) is 3. The number of methoxy groups -OCH3 is 1. The van der Waals surface area contributed by atoms with Crippen molar-refractivity contribution in [1.82, 2.24) is 10.3 Å². The smallest absolute Gasteiger partial charge is 0.141 e. The van der Waals surface area contributed by atoms with Crippen molar-refractivity contribution < 1.29 is 4.74 Å². The fraction of sp³-hybridized carbons (Fsp3) is 0.583. The Labute approximate surface area is 91.9 Å². The molecule has 0 saturated carbocycles. The quantitative estimate of drug-likeness (QED) is 0.806. The van der Waals surface area contributed by atoms with Crippen molar-refractivity contribution in [1.29, 1.82) is 0 Å². The van der Waals surface area contributed by atoms with Crippen LogP contribution in [0.4, 0.5) is 0 Å². The minimum atomic E-state index is 0.256. The van der Waals surface area contributed by atoms with E-state index in [1.165, 1.54) is 0 Å². The fourth-order valence-corrected chi connectivity index (χ4v) is 1.74. The molecular formula is C12H20N2O. The van der Waals surface area contributed by atoms with Gasteiger partial charge in [0.15, 0.2) is 0 Å². The molecule has 2 atom stereocenters. The first-order valence-corrected chi connectivity index (χ1v) is 5.40. The third kappa shape index (κ3) is 2.69. The van der Waals surface area contributed by atoms with E-state index >= 15 is 0 Å². The molecule has 1 heterocycles. The zero-order valence-electron chi connectivity index (χ0n) is 9.95. The molecule has 0 bridgehead atoms. The van der Waals surface area contributed by atoms with E-state index in [4.69, 9.17) is 4.74 Å². The molecule has 1 aromatic heterocycles. The number of aromatic nitrogens is 1. The van der Waals surface area contributed by atoms with E-state index in [0.717, 1.165) is 17.9 Å². The predicted octanol–water partition coefficient (Wildman–Crippen LogP) is 2.40. The second kappa shape index (κ2) is 5.71. The summed E-state index contributed by atoms with van der Waals surface area (Å²) in [5.41, 5.74) is 0.997. The first-order valence-electron chi connectivity index (χ1n) is 5.40. The highest BCUT2D eigenvalue weighted by Gasteiger charge is 2.20. The highest BCUT2D eigenvalue weighted by molar-refractivity contribution is 5.29. The Morgan fingerprint density at radius 3 is 2.80 bits per heavy atom. The highest BCUT2D eigenvalue weighted by Crippen LogP contribution is 2.28. The molecular weight excluding hydrogens is 188 g/mol. The highest BCUT2D eigenvalue weighted by atomic mass is 16.5. The third-order valence-electron chi connectivity index (χ3n) is 2.84. The monoisotopic (exact) mass is 208 g/mol. The van der Waals surface area contributed by atoms with Crippen LogP contribution in [0, 0.1) is 5.92 Å². The van der Waals surface area contributed by atoms with Gasteiger partial charge in [0.1, 0.15) is 5.75 Å². The number of nitrogens with zero attached hydrogens (tertiary/aromatic N) is 1. The Morgan fingerprint density at radius 2 is 2.27 bits per heavy atom. The molecule has 0 aliphatic heterocycles. The number of hydrogen-bond donors (Lipinski definition) is 1. The Hall–Kier alpha value is -1.09. The first kappa shape index (κ1) is 12.0. The maximum Gasteiger partial charge on any atom is 0.141 e. The molecule has 1 rings (SSSR count). The lowest BCUT2D eigenvalue weighted by atomic mass is 9.95. The van der Waals surface area contributed by atoms with E-state index in [0.29, 0.717) is 5.92 Å². The van der Waals surface area contributed by atoms with Gasteiger partial charge in [-0.05, 0) is 25.1 Å².